The molecular weight excluding hydrogens is 176 g/mol. The molecule has 1 aliphatic rings. The summed E-state index contributed by atoms with van der Waals surface area (Å²) in [5.41, 5.74) is 0. The average Bonchev–Trinajstić information content (AvgIpc) is 2.28. The Labute approximate surface area is 76.9 Å². The predicted octanol–water partition coefficient (Wildman–Crippen LogP) is 1.55. The van der Waals surface area contributed by atoms with Crippen molar-refractivity contribution in [3.8, 4) is 0 Å². The summed E-state index contributed by atoms with van der Waals surface area (Å²) in [6, 6.07) is 0. The van der Waals surface area contributed by atoms with Gasteiger partial charge in [0, 0.05) is 12.5 Å². The summed E-state index contributed by atoms with van der Waals surface area (Å²) in [5.74, 6) is -0.0405. The van der Waals surface area contributed by atoms with Crippen LogP contribution < -0.4 is 0 Å². The molecule has 0 aliphatic carbocycles. The third kappa shape index (κ3) is 3.81. The zero-order valence-electron chi connectivity index (χ0n) is 7.59. The van der Waals surface area contributed by atoms with E-state index in [0.717, 1.165) is 25.5 Å². The Morgan fingerprint density at radius 3 is 2.85 bits per heavy atom. The van der Waals surface area contributed by atoms with E-state index in [0.29, 0.717) is 13.1 Å². The first-order valence-corrected chi connectivity index (χ1v) is 4.68. The number of nitrogens with zero attached hydrogens (tertiary/aromatic N) is 1. The average molecular weight is 191 g/mol. The third-order valence-corrected chi connectivity index (χ3v) is 2.38. The molecule has 1 unspecified atom stereocenters. The fraction of sp³-hybridized carbons (Fsp3) is 0.889. The molecule has 1 atom stereocenters. The summed E-state index contributed by atoms with van der Waals surface area (Å²) in [7, 11) is 0. The minimum Gasteiger partial charge on any atom is -0.303 e. The Kier molecular flexibility index (Phi) is 4.28. The third-order valence-electron chi connectivity index (χ3n) is 2.38. The summed E-state index contributed by atoms with van der Waals surface area (Å²) >= 11 is 0. The second-order valence-electron chi connectivity index (χ2n) is 3.54. The van der Waals surface area contributed by atoms with Crippen LogP contribution in [0.3, 0.4) is 0 Å². The van der Waals surface area contributed by atoms with Gasteiger partial charge in [-0.2, -0.15) is 0 Å². The first-order valence-electron chi connectivity index (χ1n) is 4.68. The summed E-state index contributed by atoms with van der Waals surface area (Å²) < 4.78 is 24.1. The lowest BCUT2D eigenvalue weighted by Gasteiger charge is -2.20. The number of carbonyl (C=O) groups is 1. The molecule has 0 N–H and O–H groups in total. The van der Waals surface area contributed by atoms with Gasteiger partial charge in [-0.15, -0.1) is 0 Å². The number of aldehydes is 1. The van der Waals surface area contributed by atoms with Gasteiger partial charge in [0.15, 0.2) is 0 Å². The van der Waals surface area contributed by atoms with E-state index in [-0.39, 0.29) is 12.5 Å². The summed E-state index contributed by atoms with van der Waals surface area (Å²) in [6.07, 6.45) is 1.36. The summed E-state index contributed by atoms with van der Waals surface area (Å²) in [6.45, 7) is 1.02. The van der Waals surface area contributed by atoms with Crippen LogP contribution in [0.15, 0.2) is 0 Å². The number of carbonyl (C=O) groups excluding carboxylic acids is 1. The van der Waals surface area contributed by atoms with Gasteiger partial charge in [0.25, 0.3) is 6.43 Å². The molecule has 0 aromatic carbocycles. The lowest BCUT2D eigenvalue weighted by Crippen LogP contribution is -2.33. The van der Waals surface area contributed by atoms with E-state index in [1.807, 2.05) is 0 Å². The van der Waals surface area contributed by atoms with E-state index in [9.17, 15) is 13.6 Å². The maximum absolute atomic E-state index is 12.1. The highest BCUT2D eigenvalue weighted by molar-refractivity contribution is 5.53. The predicted molar refractivity (Wildman–Crippen MR) is 45.8 cm³/mol. The topological polar surface area (TPSA) is 20.3 Å². The fourth-order valence-electron chi connectivity index (χ4n) is 1.73. The Morgan fingerprint density at radius 2 is 2.23 bits per heavy atom. The quantitative estimate of drug-likeness (QED) is 0.631. The smallest absolute Gasteiger partial charge is 0.251 e. The van der Waals surface area contributed by atoms with Crippen LogP contribution >= 0.6 is 0 Å². The van der Waals surface area contributed by atoms with Gasteiger partial charge < -0.3 is 4.79 Å². The van der Waals surface area contributed by atoms with Gasteiger partial charge in [-0.05, 0) is 19.4 Å². The van der Waals surface area contributed by atoms with Crippen LogP contribution in [0.2, 0.25) is 0 Å². The second-order valence-corrected chi connectivity index (χ2v) is 3.54. The Bertz CT molecular complexity index is 164. The van der Waals surface area contributed by atoms with E-state index in [1.54, 1.807) is 4.90 Å². The Hall–Kier alpha value is -0.510. The lowest BCUT2D eigenvalue weighted by atomic mass is 10.1. The van der Waals surface area contributed by atoms with E-state index in [2.05, 4.69) is 0 Å². The molecule has 1 aliphatic heterocycles. The molecule has 1 heterocycles. The Morgan fingerprint density at radius 1 is 1.46 bits per heavy atom. The van der Waals surface area contributed by atoms with Crippen molar-refractivity contribution in [2.45, 2.75) is 25.7 Å². The molecule has 1 rings (SSSR count). The zero-order valence-corrected chi connectivity index (χ0v) is 7.59. The highest BCUT2D eigenvalue weighted by Gasteiger charge is 2.19. The van der Waals surface area contributed by atoms with Crippen molar-refractivity contribution in [3.05, 3.63) is 0 Å². The molecular formula is C9H15F2NO. The zero-order chi connectivity index (χ0) is 9.68. The lowest BCUT2D eigenvalue weighted by molar-refractivity contribution is -0.111. The molecule has 0 bridgehead atoms. The molecule has 0 radical (unpaired) electrons. The maximum Gasteiger partial charge on any atom is 0.251 e. The van der Waals surface area contributed by atoms with Crippen molar-refractivity contribution in [1.29, 1.82) is 0 Å². The first kappa shape index (κ1) is 10.6. The number of likely N-dealkylation sites (tertiary alicyclic amines) is 1. The molecule has 0 aromatic heterocycles. The standard InChI is InChI=1S/C9H15F2NO/c10-9(11)6-12-4-2-1-3-8(5-12)7-13/h7-9H,1-6H2. The van der Waals surface area contributed by atoms with Crippen molar-refractivity contribution in [2.24, 2.45) is 5.92 Å². The molecule has 0 saturated carbocycles. The van der Waals surface area contributed by atoms with Crippen LogP contribution in [0.4, 0.5) is 8.78 Å². The van der Waals surface area contributed by atoms with Crippen molar-refractivity contribution in [3.63, 3.8) is 0 Å². The molecule has 2 nitrogen and oxygen atoms in total. The minimum atomic E-state index is -2.29. The highest BCUT2D eigenvalue weighted by atomic mass is 19.3. The molecule has 0 amide bonds. The van der Waals surface area contributed by atoms with E-state index in [4.69, 9.17) is 0 Å². The summed E-state index contributed by atoms with van der Waals surface area (Å²) in [5, 5.41) is 0. The normalized spacial score (nSPS) is 25.9. The largest absolute Gasteiger partial charge is 0.303 e. The Balaban J connectivity index is 2.39. The number of rotatable bonds is 3. The minimum absolute atomic E-state index is 0.0405. The van der Waals surface area contributed by atoms with E-state index in [1.165, 1.54) is 0 Å². The van der Waals surface area contributed by atoms with Crippen molar-refractivity contribution in [1.82, 2.24) is 4.90 Å². The summed E-state index contributed by atoms with van der Waals surface area (Å²) in [4.78, 5) is 12.2. The number of halogens is 2. The maximum atomic E-state index is 12.1. The fourth-order valence-corrected chi connectivity index (χ4v) is 1.73. The van der Waals surface area contributed by atoms with Crippen LogP contribution in [0.1, 0.15) is 19.3 Å². The van der Waals surface area contributed by atoms with Crippen LogP contribution in [0.5, 0.6) is 0 Å². The number of alkyl halides is 2. The van der Waals surface area contributed by atoms with Gasteiger partial charge in [0.05, 0.1) is 6.54 Å². The molecule has 1 fully saturated rings. The van der Waals surface area contributed by atoms with Crippen molar-refractivity contribution < 1.29 is 13.6 Å². The van der Waals surface area contributed by atoms with E-state index < -0.39 is 6.43 Å². The number of hydrogen-bond acceptors (Lipinski definition) is 2. The van der Waals surface area contributed by atoms with Gasteiger partial charge >= 0.3 is 0 Å². The van der Waals surface area contributed by atoms with Crippen molar-refractivity contribution >= 4 is 6.29 Å². The first-order chi connectivity index (χ1) is 6.22. The second kappa shape index (κ2) is 5.27. The van der Waals surface area contributed by atoms with Gasteiger partial charge in [-0.25, -0.2) is 8.78 Å². The molecule has 0 aromatic rings. The van der Waals surface area contributed by atoms with Crippen LogP contribution in [0, 0.1) is 5.92 Å². The van der Waals surface area contributed by atoms with Crippen LogP contribution in [-0.4, -0.2) is 37.2 Å². The number of hydrogen-bond donors (Lipinski definition) is 0. The highest BCUT2D eigenvalue weighted by Crippen LogP contribution is 2.15. The molecule has 76 valence electrons. The molecule has 1 saturated heterocycles. The monoisotopic (exact) mass is 191 g/mol. The SMILES string of the molecule is O=CC1CCCCN(CC(F)F)C1. The van der Waals surface area contributed by atoms with Gasteiger partial charge in [-0.1, -0.05) is 6.42 Å². The van der Waals surface area contributed by atoms with Crippen molar-refractivity contribution in [2.75, 3.05) is 19.6 Å². The van der Waals surface area contributed by atoms with Crippen LogP contribution in [-0.2, 0) is 4.79 Å². The van der Waals surface area contributed by atoms with Crippen LogP contribution in [0.25, 0.3) is 0 Å². The van der Waals surface area contributed by atoms with E-state index >= 15 is 0 Å². The van der Waals surface area contributed by atoms with Gasteiger partial charge in [0.2, 0.25) is 0 Å². The molecule has 0 spiro atoms. The molecule has 13 heavy (non-hydrogen) atoms. The van der Waals surface area contributed by atoms with Gasteiger partial charge in [0.1, 0.15) is 6.29 Å². The molecule has 4 heteroatoms. The van der Waals surface area contributed by atoms with Gasteiger partial charge in [-0.3, -0.25) is 4.90 Å².